The highest BCUT2D eigenvalue weighted by Crippen LogP contribution is 2.55. The lowest BCUT2D eigenvalue weighted by Gasteiger charge is -2.45. The maximum absolute atomic E-state index is 13.6. The first kappa shape index (κ1) is 23.0. The molecule has 3 aromatic rings. The van der Waals surface area contributed by atoms with Gasteiger partial charge in [-0.15, -0.1) is 0 Å². The van der Waals surface area contributed by atoms with Crippen LogP contribution < -0.4 is 5.32 Å². The first-order chi connectivity index (χ1) is 17.6. The van der Waals surface area contributed by atoms with Gasteiger partial charge in [0.25, 0.3) is 11.8 Å². The van der Waals surface area contributed by atoms with Gasteiger partial charge in [-0.25, -0.2) is 0 Å². The Bertz CT molecular complexity index is 1290. The Balaban J connectivity index is 1.24. The zero-order valence-electron chi connectivity index (χ0n) is 20.1. The molecule has 36 heavy (non-hydrogen) atoms. The molecule has 3 aliphatic carbocycles. The molecule has 3 aromatic carbocycles. The Kier molecular flexibility index (Phi) is 5.92. The van der Waals surface area contributed by atoms with Crippen molar-refractivity contribution in [1.82, 2.24) is 10.2 Å². The lowest BCUT2D eigenvalue weighted by Crippen LogP contribution is -2.51. The van der Waals surface area contributed by atoms with Crippen LogP contribution in [0.3, 0.4) is 0 Å². The van der Waals surface area contributed by atoms with Crippen molar-refractivity contribution in [1.29, 1.82) is 0 Å². The molecule has 182 valence electrons. The summed E-state index contributed by atoms with van der Waals surface area (Å²) in [5, 5.41) is 3.16. The molecule has 2 atom stereocenters. The third kappa shape index (κ3) is 3.58. The number of fused-ring (bicyclic) bond motifs is 2. The van der Waals surface area contributed by atoms with Crippen LogP contribution in [0, 0.1) is 5.92 Å². The van der Waals surface area contributed by atoms with Gasteiger partial charge in [0.2, 0.25) is 5.91 Å². The summed E-state index contributed by atoms with van der Waals surface area (Å²) in [5.74, 6) is 0.487. The molecule has 0 saturated carbocycles. The molecule has 0 spiro atoms. The molecule has 0 saturated heterocycles. The van der Waals surface area contributed by atoms with Gasteiger partial charge in [-0.05, 0) is 65.2 Å². The quantitative estimate of drug-likeness (QED) is 0.477. The molecule has 7 rings (SSSR count). The molecule has 0 unspecified atom stereocenters. The summed E-state index contributed by atoms with van der Waals surface area (Å²) in [6, 6.07) is 23.3. The highest BCUT2D eigenvalue weighted by atomic mass is 32.2. The Hall–Kier alpha value is -3.38. The number of carbonyl (C=O) groups is 3. The van der Waals surface area contributed by atoms with Gasteiger partial charge >= 0.3 is 0 Å². The lowest BCUT2D eigenvalue weighted by molar-refractivity contribution is -0.125. The molecule has 1 N–H and O–H groups in total. The molecular formula is C30H28N2O3S. The number of thioether (sulfide) groups is 1. The van der Waals surface area contributed by atoms with Crippen molar-refractivity contribution < 1.29 is 14.4 Å². The molecule has 0 radical (unpaired) electrons. The summed E-state index contributed by atoms with van der Waals surface area (Å²) >= 11 is 1.60. The van der Waals surface area contributed by atoms with Crippen LogP contribution in [0.5, 0.6) is 0 Å². The number of nitrogens with zero attached hydrogens (tertiary/aromatic N) is 1. The van der Waals surface area contributed by atoms with E-state index in [2.05, 4.69) is 53.8 Å². The van der Waals surface area contributed by atoms with Gasteiger partial charge in [0.15, 0.2) is 0 Å². The summed E-state index contributed by atoms with van der Waals surface area (Å²) in [6.07, 6.45) is 3.37. The van der Waals surface area contributed by atoms with Gasteiger partial charge in [-0.2, -0.15) is 11.8 Å². The van der Waals surface area contributed by atoms with Gasteiger partial charge < -0.3 is 5.32 Å². The minimum Gasteiger partial charge on any atom is -0.354 e. The Morgan fingerprint density at radius 2 is 1.42 bits per heavy atom. The number of rotatable bonds is 7. The van der Waals surface area contributed by atoms with Crippen LogP contribution in [0.15, 0.2) is 72.8 Å². The van der Waals surface area contributed by atoms with Crippen molar-refractivity contribution in [2.45, 2.75) is 30.7 Å². The zero-order chi connectivity index (χ0) is 24.8. The van der Waals surface area contributed by atoms with E-state index in [4.69, 9.17) is 0 Å². The number of imide groups is 1. The fourth-order valence-corrected chi connectivity index (χ4v) is 6.87. The Morgan fingerprint density at radius 3 is 1.97 bits per heavy atom. The summed E-state index contributed by atoms with van der Waals surface area (Å²) in [5.41, 5.74) is 6.25. The monoisotopic (exact) mass is 496 g/mol. The summed E-state index contributed by atoms with van der Waals surface area (Å²) in [6.45, 7) is 0.515. The van der Waals surface area contributed by atoms with Crippen LogP contribution in [-0.2, 0) is 4.79 Å². The largest absolute Gasteiger partial charge is 0.354 e. The van der Waals surface area contributed by atoms with Crippen molar-refractivity contribution in [3.8, 4) is 0 Å². The number of amides is 3. The normalized spacial score (nSPS) is 22.1. The Labute approximate surface area is 215 Å². The standard InChI is InChI=1S/C30H28N2O3S/c1-36-15-14-26(32-29(34)23-12-6-7-13-24(23)30(32)35)28(33)31-17-18-16-25-19-8-2-4-10-21(19)27(18)22-11-5-3-9-20(22)25/h2-13,18,25-27H,14-17H2,1H3,(H,31,33)/t18-,25?,26-,27?/m1/s1. The zero-order valence-corrected chi connectivity index (χ0v) is 21.0. The van der Waals surface area contributed by atoms with Crippen LogP contribution in [0.1, 0.15) is 67.6 Å². The fraction of sp³-hybridized carbons (Fsp3) is 0.300. The van der Waals surface area contributed by atoms with Gasteiger partial charge in [0, 0.05) is 18.4 Å². The van der Waals surface area contributed by atoms with E-state index in [1.54, 1.807) is 36.0 Å². The predicted octanol–water partition coefficient (Wildman–Crippen LogP) is 4.82. The second kappa shape index (κ2) is 9.25. The van der Waals surface area contributed by atoms with Gasteiger partial charge in [-0.1, -0.05) is 60.7 Å². The highest BCUT2D eigenvalue weighted by Gasteiger charge is 2.45. The number of nitrogens with one attached hydrogen (secondary N) is 1. The van der Waals surface area contributed by atoms with Crippen molar-refractivity contribution in [3.05, 3.63) is 106 Å². The summed E-state index contributed by atoms with van der Waals surface area (Å²) in [4.78, 5) is 41.0. The second-order valence-corrected chi connectivity index (χ2v) is 10.8. The number of hydrogen-bond donors (Lipinski definition) is 1. The molecule has 0 aromatic heterocycles. The fourth-order valence-electron chi connectivity index (χ4n) is 6.41. The third-order valence-electron chi connectivity index (χ3n) is 8.00. The number of carbonyl (C=O) groups excluding carboxylic acids is 3. The maximum atomic E-state index is 13.6. The summed E-state index contributed by atoms with van der Waals surface area (Å²) in [7, 11) is 0. The predicted molar refractivity (Wildman–Crippen MR) is 141 cm³/mol. The minimum absolute atomic E-state index is 0.228. The average molecular weight is 497 g/mol. The van der Waals surface area contributed by atoms with E-state index in [-0.39, 0.29) is 29.6 Å². The van der Waals surface area contributed by atoms with E-state index in [9.17, 15) is 14.4 Å². The summed E-state index contributed by atoms with van der Waals surface area (Å²) < 4.78 is 0. The number of hydrogen-bond acceptors (Lipinski definition) is 4. The second-order valence-electron chi connectivity index (χ2n) is 9.85. The lowest BCUT2D eigenvalue weighted by atomic mass is 9.59. The minimum atomic E-state index is -0.815. The molecule has 5 nitrogen and oxygen atoms in total. The van der Waals surface area contributed by atoms with Crippen LogP contribution in [-0.4, -0.2) is 47.2 Å². The van der Waals surface area contributed by atoms with E-state index in [0.717, 1.165) is 6.42 Å². The van der Waals surface area contributed by atoms with Crippen molar-refractivity contribution >= 4 is 29.5 Å². The molecule has 3 amide bonds. The molecule has 4 aliphatic rings. The molecule has 1 aliphatic heterocycles. The van der Waals surface area contributed by atoms with E-state index in [1.807, 2.05) is 6.26 Å². The topological polar surface area (TPSA) is 66.5 Å². The first-order valence-electron chi connectivity index (χ1n) is 12.5. The van der Waals surface area contributed by atoms with E-state index in [1.165, 1.54) is 27.2 Å². The highest BCUT2D eigenvalue weighted by molar-refractivity contribution is 7.98. The van der Waals surface area contributed by atoms with Crippen molar-refractivity contribution in [3.63, 3.8) is 0 Å². The van der Waals surface area contributed by atoms with E-state index >= 15 is 0 Å². The van der Waals surface area contributed by atoms with Crippen molar-refractivity contribution in [2.75, 3.05) is 18.6 Å². The number of benzene rings is 3. The van der Waals surface area contributed by atoms with Gasteiger partial charge in [0.1, 0.15) is 6.04 Å². The first-order valence-corrected chi connectivity index (χ1v) is 13.9. The van der Waals surface area contributed by atoms with Crippen LogP contribution in [0.2, 0.25) is 0 Å². The van der Waals surface area contributed by atoms with E-state index in [0.29, 0.717) is 35.8 Å². The SMILES string of the molecule is CSCC[C@H](C(=O)NC[C@H]1CC2c3ccccc3C1c1ccccc12)N1C(=O)c2ccccc2C1=O. The molecular weight excluding hydrogens is 468 g/mol. The molecule has 6 heteroatoms. The molecule has 0 fully saturated rings. The van der Waals surface area contributed by atoms with Crippen molar-refractivity contribution in [2.24, 2.45) is 5.92 Å². The molecule has 1 heterocycles. The Morgan fingerprint density at radius 1 is 0.889 bits per heavy atom. The van der Waals surface area contributed by atoms with Crippen LogP contribution in [0.25, 0.3) is 0 Å². The van der Waals surface area contributed by atoms with Crippen LogP contribution >= 0.6 is 11.8 Å². The average Bonchev–Trinajstić information content (AvgIpc) is 3.17. The third-order valence-corrected chi connectivity index (χ3v) is 8.64. The van der Waals surface area contributed by atoms with Gasteiger partial charge in [0.05, 0.1) is 11.1 Å². The van der Waals surface area contributed by atoms with E-state index < -0.39 is 6.04 Å². The smallest absolute Gasteiger partial charge is 0.262 e. The molecule has 2 bridgehead atoms. The van der Waals surface area contributed by atoms with Crippen LogP contribution in [0.4, 0.5) is 0 Å². The van der Waals surface area contributed by atoms with Gasteiger partial charge in [-0.3, -0.25) is 19.3 Å². The maximum Gasteiger partial charge on any atom is 0.262 e.